The molecule has 0 atom stereocenters. The zero-order chi connectivity index (χ0) is 21.7. The van der Waals surface area contributed by atoms with Gasteiger partial charge in [0, 0.05) is 22.1 Å². The van der Waals surface area contributed by atoms with E-state index >= 15 is 0 Å². The fourth-order valence-corrected chi connectivity index (χ4v) is 4.67. The molecule has 2 aromatic carbocycles. The minimum Gasteiger partial charge on any atom is -0.403 e. The van der Waals surface area contributed by atoms with Crippen molar-refractivity contribution >= 4 is 33.5 Å². The second-order valence-corrected chi connectivity index (χ2v) is 10.4. The summed E-state index contributed by atoms with van der Waals surface area (Å²) in [6.45, 7) is 4.18. The van der Waals surface area contributed by atoms with E-state index in [0.29, 0.717) is 10.8 Å². The van der Waals surface area contributed by atoms with Crippen LogP contribution in [0.4, 0.5) is 10.4 Å². The molecule has 10 heteroatoms. The molecule has 1 N–H and O–H groups in total. The normalized spacial score (nSPS) is 11.6. The van der Waals surface area contributed by atoms with Crippen LogP contribution in [0.2, 0.25) is 0 Å². The van der Waals surface area contributed by atoms with Crippen molar-refractivity contribution in [3.63, 3.8) is 0 Å². The van der Waals surface area contributed by atoms with Gasteiger partial charge in [-0.15, -0.1) is 16.9 Å². The molecule has 0 spiro atoms. The summed E-state index contributed by atoms with van der Waals surface area (Å²) in [5, 5.41) is 10.5. The van der Waals surface area contributed by atoms with Crippen molar-refractivity contribution in [3.05, 3.63) is 54.3 Å². The Morgan fingerprint density at radius 3 is 2.60 bits per heavy atom. The van der Waals surface area contributed by atoms with Crippen LogP contribution in [0, 0.1) is 5.82 Å². The highest BCUT2D eigenvalue weighted by molar-refractivity contribution is 7.99. The molecule has 0 fully saturated rings. The van der Waals surface area contributed by atoms with Crippen LogP contribution in [0.1, 0.15) is 20.3 Å². The number of halogens is 1. The highest BCUT2D eigenvalue weighted by Crippen LogP contribution is 2.28. The lowest BCUT2D eigenvalue weighted by Gasteiger charge is -2.05. The number of carbonyl (C=O) groups is 1. The standard InChI is InChI=1S/C20H20FN3O4S2/c1-13(2)29-16-5-3-4-14(12-16)19-23-24-20(28-19)22-18(25)10-11-30(26,27)17-8-6-15(21)7-9-17/h3-9,12-13H,10-11H2,1-2H3,(H,22,24,25). The molecule has 30 heavy (non-hydrogen) atoms. The van der Waals surface area contributed by atoms with E-state index in [1.54, 1.807) is 11.8 Å². The summed E-state index contributed by atoms with van der Waals surface area (Å²) < 4.78 is 42.9. The van der Waals surface area contributed by atoms with Crippen molar-refractivity contribution in [2.75, 3.05) is 11.1 Å². The zero-order valence-electron chi connectivity index (χ0n) is 16.3. The van der Waals surface area contributed by atoms with Crippen molar-refractivity contribution in [2.45, 2.75) is 35.3 Å². The summed E-state index contributed by atoms with van der Waals surface area (Å²) in [6.07, 6.45) is -0.308. The number of aromatic nitrogens is 2. The molecular formula is C20H20FN3O4S2. The van der Waals surface area contributed by atoms with Gasteiger partial charge in [0.1, 0.15) is 5.82 Å². The van der Waals surface area contributed by atoms with Crippen LogP contribution in [0.25, 0.3) is 11.5 Å². The Bertz CT molecular complexity index is 1130. The predicted octanol–water partition coefficient (Wildman–Crippen LogP) is 4.18. The minimum absolute atomic E-state index is 0.0454. The lowest BCUT2D eigenvalue weighted by molar-refractivity contribution is -0.115. The van der Waals surface area contributed by atoms with E-state index in [1.807, 2.05) is 24.3 Å². The van der Waals surface area contributed by atoms with Gasteiger partial charge >= 0.3 is 6.01 Å². The monoisotopic (exact) mass is 449 g/mol. The van der Waals surface area contributed by atoms with E-state index in [1.165, 1.54) is 12.1 Å². The van der Waals surface area contributed by atoms with Crippen LogP contribution >= 0.6 is 11.8 Å². The Hall–Kier alpha value is -2.72. The fraction of sp³-hybridized carbons (Fsp3) is 0.250. The van der Waals surface area contributed by atoms with Gasteiger partial charge in [-0.25, -0.2) is 12.8 Å². The number of hydrogen-bond acceptors (Lipinski definition) is 7. The summed E-state index contributed by atoms with van der Waals surface area (Å²) in [5.74, 6) is -1.30. The summed E-state index contributed by atoms with van der Waals surface area (Å²) in [4.78, 5) is 13.1. The molecule has 0 aliphatic rings. The second-order valence-electron chi connectivity index (χ2n) is 6.68. The third-order valence-corrected chi connectivity index (χ3v) is 6.62. The summed E-state index contributed by atoms with van der Waals surface area (Å²) in [7, 11) is -3.71. The Kier molecular flexibility index (Phi) is 6.88. The quantitative estimate of drug-likeness (QED) is 0.406. The molecule has 158 valence electrons. The van der Waals surface area contributed by atoms with Crippen molar-refractivity contribution in [1.29, 1.82) is 0 Å². The molecule has 7 nitrogen and oxygen atoms in total. The molecule has 1 aromatic heterocycles. The maximum Gasteiger partial charge on any atom is 0.322 e. The Balaban J connectivity index is 1.60. The third-order valence-electron chi connectivity index (χ3n) is 3.89. The fourth-order valence-electron chi connectivity index (χ4n) is 2.53. The summed E-state index contributed by atoms with van der Waals surface area (Å²) in [5.41, 5.74) is 0.715. The van der Waals surface area contributed by atoms with Crippen LogP contribution in [-0.4, -0.2) is 35.5 Å². The number of sulfone groups is 1. The van der Waals surface area contributed by atoms with Crippen LogP contribution in [0.5, 0.6) is 0 Å². The number of amides is 1. The molecule has 3 rings (SSSR count). The Morgan fingerprint density at radius 1 is 1.17 bits per heavy atom. The first kappa shape index (κ1) is 22.0. The van der Waals surface area contributed by atoms with E-state index in [-0.39, 0.29) is 23.2 Å². The average molecular weight is 450 g/mol. The first-order valence-corrected chi connectivity index (χ1v) is 11.6. The maximum atomic E-state index is 13.0. The van der Waals surface area contributed by atoms with Crippen molar-refractivity contribution in [2.24, 2.45) is 0 Å². The van der Waals surface area contributed by atoms with Gasteiger partial charge in [0.15, 0.2) is 9.84 Å². The first-order chi connectivity index (χ1) is 14.2. The molecule has 0 saturated carbocycles. The number of thioether (sulfide) groups is 1. The lowest BCUT2D eigenvalue weighted by Crippen LogP contribution is -2.17. The summed E-state index contributed by atoms with van der Waals surface area (Å²) in [6, 6.07) is 11.9. The first-order valence-electron chi connectivity index (χ1n) is 9.12. The molecule has 0 bridgehead atoms. The van der Waals surface area contributed by atoms with E-state index < -0.39 is 27.3 Å². The van der Waals surface area contributed by atoms with Crippen LogP contribution in [-0.2, 0) is 14.6 Å². The van der Waals surface area contributed by atoms with Gasteiger partial charge in [0.25, 0.3) is 0 Å². The number of benzene rings is 2. The molecule has 0 aliphatic heterocycles. The van der Waals surface area contributed by atoms with Gasteiger partial charge in [0.2, 0.25) is 11.8 Å². The van der Waals surface area contributed by atoms with Crippen molar-refractivity contribution in [3.8, 4) is 11.5 Å². The van der Waals surface area contributed by atoms with Gasteiger partial charge in [-0.1, -0.05) is 25.0 Å². The molecule has 3 aromatic rings. The molecule has 1 amide bonds. The minimum atomic E-state index is -3.71. The Labute approximate surface area is 178 Å². The van der Waals surface area contributed by atoms with E-state index in [4.69, 9.17) is 4.42 Å². The van der Waals surface area contributed by atoms with E-state index in [2.05, 4.69) is 29.4 Å². The largest absolute Gasteiger partial charge is 0.403 e. The van der Waals surface area contributed by atoms with Crippen molar-refractivity contribution < 1.29 is 22.0 Å². The highest BCUT2D eigenvalue weighted by Gasteiger charge is 2.18. The average Bonchev–Trinajstić information content (AvgIpc) is 3.15. The number of nitrogens with one attached hydrogen (secondary N) is 1. The number of rotatable bonds is 8. The molecule has 0 aliphatic carbocycles. The number of hydrogen-bond donors (Lipinski definition) is 1. The number of anilines is 1. The molecule has 1 heterocycles. The third kappa shape index (κ3) is 5.90. The van der Waals surface area contributed by atoms with Gasteiger partial charge in [-0.2, -0.15) is 0 Å². The zero-order valence-corrected chi connectivity index (χ0v) is 18.0. The highest BCUT2D eigenvalue weighted by atomic mass is 32.2. The number of carbonyl (C=O) groups excluding carboxylic acids is 1. The van der Waals surface area contributed by atoms with E-state index in [0.717, 1.165) is 17.0 Å². The lowest BCUT2D eigenvalue weighted by atomic mass is 10.2. The predicted molar refractivity (Wildman–Crippen MR) is 112 cm³/mol. The SMILES string of the molecule is CC(C)Sc1cccc(-c2nnc(NC(=O)CCS(=O)(=O)c3ccc(F)cc3)o2)c1. The second kappa shape index (κ2) is 9.40. The van der Waals surface area contributed by atoms with E-state index in [9.17, 15) is 17.6 Å². The molecule has 0 radical (unpaired) electrons. The van der Waals surface area contributed by atoms with Crippen LogP contribution < -0.4 is 5.32 Å². The van der Waals surface area contributed by atoms with Gasteiger partial charge in [-0.3, -0.25) is 10.1 Å². The van der Waals surface area contributed by atoms with Gasteiger partial charge in [0.05, 0.1) is 10.6 Å². The van der Waals surface area contributed by atoms with Gasteiger partial charge in [-0.05, 0) is 42.5 Å². The maximum absolute atomic E-state index is 13.0. The molecule has 0 saturated heterocycles. The van der Waals surface area contributed by atoms with Crippen LogP contribution in [0.3, 0.4) is 0 Å². The molecule has 0 unspecified atom stereocenters. The topological polar surface area (TPSA) is 102 Å². The molecular weight excluding hydrogens is 429 g/mol. The summed E-state index contributed by atoms with van der Waals surface area (Å²) >= 11 is 1.70. The van der Waals surface area contributed by atoms with Crippen LogP contribution in [0.15, 0.2) is 62.7 Å². The van der Waals surface area contributed by atoms with Gasteiger partial charge < -0.3 is 4.42 Å². The smallest absolute Gasteiger partial charge is 0.322 e. The Morgan fingerprint density at radius 2 is 1.90 bits per heavy atom. The number of nitrogens with zero attached hydrogens (tertiary/aromatic N) is 2. The van der Waals surface area contributed by atoms with Crippen molar-refractivity contribution in [1.82, 2.24) is 10.2 Å².